The van der Waals surface area contributed by atoms with E-state index in [9.17, 15) is 19.2 Å². The van der Waals surface area contributed by atoms with Gasteiger partial charge in [0.15, 0.2) is 35.2 Å². The molecule has 2 aromatic heterocycles. The molecule has 0 saturated heterocycles. The summed E-state index contributed by atoms with van der Waals surface area (Å²) in [7, 11) is 0. The molecule has 0 saturated carbocycles. The van der Waals surface area contributed by atoms with E-state index < -0.39 is 23.6 Å². The fraction of sp³-hybridized carbons (Fsp3) is 0.312. The zero-order chi connectivity index (χ0) is 31.4. The van der Waals surface area contributed by atoms with Crippen LogP contribution in [0.5, 0.6) is 23.0 Å². The maximum absolute atomic E-state index is 13.5. The van der Waals surface area contributed by atoms with Crippen LogP contribution in [-0.4, -0.2) is 98.4 Å². The molecule has 4 aromatic rings. The lowest BCUT2D eigenvalue weighted by atomic mass is 9.86. The molecule has 14 heteroatoms. The average molecular weight is 663 g/mol. The van der Waals surface area contributed by atoms with Gasteiger partial charge in [-0.3, -0.25) is 29.0 Å². The highest BCUT2D eigenvalue weighted by Gasteiger charge is 2.39. The van der Waals surface area contributed by atoms with Crippen molar-refractivity contribution in [2.24, 2.45) is 0 Å². The third kappa shape index (κ3) is 4.88. The Bertz CT molecular complexity index is 1690. The summed E-state index contributed by atoms with van der Waals surface area (Å²) in [6.07, 6.45) is -0.605. The summed E-state index contributed by atoms with van der Waals surface area (Å²) < 4.78 is 34.5. The Balaban J connectivity index is 0.920. The van der Waals surface area contributed by atoms with Crippen LogP contribution in [0.4, 0.5) is 0 Å². The van der Waals surface area contributed by atoms with Crippen LogP contribution in [0.25, 0.3) is 10.8 Å². The molecule has 0 spiro atoms. The van der Waals surface area contributed by atoms with Crippen molar-refractivity contribution in [3.63, 3.8) is 0 Å². The first kappa shape index (κ1) is 28.9. The van der Waals surface area contributed by atoms with Crippen LogP contribution < -0.4 is 18.9 Å². The maximum atomic E-state index is 13.5. The molecule has 2 unspecified atom stereocenters. The lowest BCUT2D eigenvalue weighted by molar-refractivity contribution is 0.00415. The molecule has 0 radical (unpaired) electrons. The third-order valence-corrected chi connectivity index (χ3v) is 9.61. The van der Waals surface area contributed by atoms with Crippen molar-refractivity contribution < 1.29 is 47.6 Å². The first-order chi connectivity index (χ1) is 22.5. The zero-order valence-electron chi connectivity index (χ0n) is 24.2. The normalized spacial score (nSPS) is 19.7. The van der Waals surface area contributed by atoms with Crippen LogP contribution in [0.1, 0.15) is 41.4 Å². The number of fused-ring (bicyclic) bond motifs is 2. The SMILES string of the molecule is O=C1c2ccc3c4c(ccc(c24)C(=O)N1CCOCC1COc2cscc2O1)C(=O)N(CCOCC1COc2cscc2O1)C3=O. The number of hydrogen-bond donors (Lipinski definition) is 0. The summed E-state index contributed by atoms with van der Waals surface area (Å²) in [4.78, 5) is 56.3. The molecule has 4 amide bonds. The van der Waals surface area contributed by atoms with Crippen LogP contribution in [0.15, 0.2) is 45.8 Å². The number of rotatable bonds is 10. The van der Waals surface area contributed by atoms with Gasteiger partial charge in [-0.05, 0) is 24.3 Å². The number of carbonyl (C=O) groups excluding carboxylic acids is 4. The summed E-state index contributed by atoms with van der Waals surface area (Å²) >= 11 is 2.97. The van der Waals surface area contributed by atoms with Crippen molar-refractivity contribution in [1.29, 1.82) is 0 Å². The smallest absolute Gasteiger partial charge is 0.261 e. The number of ether oxygens (including phenoxy) is 6. The number of imide groups is 2. The standard InChI is InChI=1S/C32H26N2O10S2/c35-29-19-1-2-20-28-22(32(38)34(30(20)36)6-8-40-10-18-12-42-24-14-46-16-26(24)44-18)4-3-21(27(19)28)31(37)33(29)5-7-39-9-17-11-41-23-13-45-15-25(23)43-17/h1-4,13-18H,5-12H2. The fourth-order valence-corrected chi connectivity index (χ4v) is 7.35. The number of nitrogens with zero attached hydrogens (tertiary/aromatic N) is 2. The lowest BCUT2D eigenvalue weighted by Gasteiger charge is -2.32. The molecule has 0 fully saturated rings. The summed E-state index contributed by atoms with van der Waals surface area (Å²) in [6.45, 7) is 1.40. The van der Waals surface area contributed by atoms with Crippen LogP contribution in [0.3, 0.4) is 0 Å². The second kappa shape index (κ2) is 11.7. The third-order valence-electron chi connectivity index (χ3n) is 8.21. The highest BCUT2D eigenvalue weighted by Crippen LogP contribution is 2.39. The second-order valence-corrected chi connectivity index (χ2v) is 12.5. The molecule has 2 aromatic carbocycles. The number of carbonyl (C=O) groups is 4. The van der Waals surface area contributed by atoms with E-state index in [4.69, 9.17) is 28.4 Å². The molecular weight excluding hydrogens is 636 g/mol. The van der Waals surface area contributed by atoms with Crippen LogP contribution >= 0.6 is 22.7 Å². The van der Waals surface area contributed by atoms with Gasteiger partial charge >= 0.3 is 0 Å². The molecule has 4 aliphatic heterocycles. The van der Waals surface area contributed by atoms with Crippen molar-refractivity contribution in [3.8, 4) is 23.0 Å². The Morgan fingerprint density at radius 3 is 1.35 bits per heavy atom. The Morgan fingerprint density at radius 1 is 0.587 bits per heavy atom. The molecular formula is C32H26N2O10S2. The van der Waals surface area contributed by atoms with Crippen molar-refractivity contribution in [3.05, 3.63) is 68.0 Å². The Hall–Kier alpha value is -4.50. The largest absolute Gasteiger partial charge is 0.485 e. The monoisotopic (exact) mass is 662 g/mol. The summed E-state index contributed by atoms with van der Waals surface area (Å²) in [5.74, 6) is 0.734. The predicted octanol–water partition coefficient (Wildman–Crippen LogP) is 3.87. The maximum Gasteiger partial charge on any atom is 0.261 e. The van der Waals surface area contributed by atoms with Crippen LogP contribution in [-0.2, 0) is 9.47 Å². The van der Waals surface area contributed by atoms with E-state index in [2.05, 4.69) is 0 Å². The van der Waals surface area contributed by atoms with Crippen molar-refractivity contribution in [1.82, 2.24) is 9.80 Å². The quantitative estimate of drug-likeness (QED) is 0.182. The molecule has 0 aliphatic carbocycles. The van der Waals surface area contributed by atoms with Gasteiger partial charge in [0.25, 0.3) is 23.6 Å². The first-order valence-corrected chi connectivity index (χ1v) is 16.6. The minimum absolute atomic E-state index is 0.0253. The molecule has 0 N–H and O–H groups in total. The molecule has 6 heterocycles. The van der Waals surface area contributed by atoms with Gasteiger partial charge < -0.3 is 28.4 Å². The predicted molar refractivity (Wildman–Crippen MR) is 165 cm³/mol. The van der Waals surface area contributed by atoms with Crippen molar-refractivity contribution >= 4 is 57.1 Å². The number of benzene rings is 2. The second-order valence-electron chi connectivity index (χ2n) is 11.0. The molecule has 12 nitrogen and oxygen atoms in total. The summed E-state index contributed by atoms with van der Waals surface area (Å²) in [5, 5.41) is 8.10. The Kier molecular flexibility index (Phi) is 7.36. The van der Waals surface area contributed by atoms with Crippen LogP contribution in [0.2, 0.25) is 0 Å². The average Bonchev–Trinajstić information content (AvgIpc) is 3.74. The van der Waals surface area contributed by atoms with E-state index in [-0.39, 0.29) is 74.0 Å². The zero-order valence-corrected chi connectivity index (χ0v) is 25.9. The van der Waals surface area contributed by atoms with E-state index in [1.54, 1.807) is 24.3 Å². The highest BCUT2D eigenvalue weighted by molar-refractivity contribution is 7.08. The van der Waals surface area contributed by atoms with Crippen molar-refractivity contribution in [2.45, 2.75) is 12.2 Å². The first-order valence-electron chi connectivity index (χ1n) is 14.7. The van der Waals surface area contributed by atoms with Crippen LogP contribution in [0, 0.1) is 0 Å². The Labute approximate surface area is 269 Å². The van der Waals surface area contributed by atoms with Gasteiger partial charge in [0.05, 0.1) is 39.5 Å². The molecule has 2 atom stereocenters. The number of thiophene rings is 2. The minimum atomic E-state index is -0.510. The molecule has 0 bridgehead atoms. The van der Waals surface area contributed by atoms with Crippen molar-refractivity contribution in [2.75, 3.05) is 52.7 Å². The van der Waals surface area contributed by atoms with Gasteiger partial charge in [-0.15, -0.1) is 22.7 Å². The van der Waals surface area contributed by atoms with Gasteiger partial charge in [0.2, 0.25) is 0 Å². The Morgan fingerprint density at radius 2 is 0.957 bits per heavy atom. The molecule has 4 aliphatic rings. The lowest BCUT2D eigenvalue weighted by Crippen LogP contribution is -2.45. The van der Waals surface area contributed by atoms with E-state index >= 15 is 0 Å². The molecule has 8 rings (SSSR count). The minimum Gasteiger partial charge on any atom is -0.485 e. The van der Waals surface area contributed by atoms with Gasteiger partial charge in [0, 0.05) is 54.5 Å². The van der Waals surface area contributed by atoms with E-state index in [1.807, 2.05) is 21.5 Å². The molecule has 46 heavy (non-hydrogen) atoms. The van der Waals surface area contributed by atoms with Gasteiger partial charge in [-0.25, -0.2) is 0 Å². The summed E-state index contributed by atoms with van der Waals surface area (Å²) in [6, 6.07) is 6.17. The number of amides is 4. The fourth-order valence-electron chi connectivity index (χ4n) is 6.01. The van der Waals surface area contributed by atoms with Gasteiger partial charge in [0.1, 0.15) is 13.2 Å². The van der Waals surface area contributed by atoms with E-state index in [1.165, 1.54) is 22.7 Å². The topological polar surface area (TPSA) is 130 Å². The van der Waals surface area contributed by atoms with E-state index in [0.29, 0.717) is 47.0 Å². The summed E-state index contributed by atoms with van der Waals surface area (Å²) in [5.41, 5.74) is 1.02. The number of hydrogen-bond acceptors (Lipinski definition) is 12. The van der Waals surface area contributed by atoms with E-state index in [0.717, 1.165) is 9.80 Å². The highest BCUT2D eigenvalue weighted by atomic mass is 32.1. The van der Waals surface area contributed by atoms with Gasteiger partial charge in [-0.2, -0.15) is 0 Å². The molecule has 236 valence electrons. The van der Waals surface area contributed by atoms with Gasteiger partial charge in [-0.1, -0.05) is 0 Å².